The van der Waals surface area contributed by atoms with Gasteiger partial charge < -0.3 is 9.88 Å². The molecule has 0 spiro atoms. The summed E-state index contributed by atoms with van der Waals surface area (Å²) < 4.78 is 14.9. The van der Waals surface area contributed by atoms with Crippen LogP contribution in [0, 0.1) is 12.7 Å². The molecule has 2 rings (SSSR count). The monoisotopic (exact) mass is 261 g/mol. The van der Waals surface area contributed by atoms with Crippen LogP contribution >= 0.6 is 0 Å². The molecule has 3 nitrogen and oxygen atoms in total. The fourth-order valence-electron chi connectivity index (χ4n) is 2.12. The molecule has 0 saturated carbocycles. The summed E-state index contributed by atoms with van der Waals surface area (Å²) in [6.45, 7) is 5.96. The van der Waals surface area contributed by atoms with Gasteiger partial charge in [-0.15, -0.1) is 0 Å². The third-order valence-corrected chi connectivity index (χ3v) is 3.22. The van der Waals surface area contributed by atoms with Gasteiger partial charge >= 0.3 is 0 Å². The van der Waals surface area contributed by atoms with Gasteiger partial charge in [0.15, 0.2) is 0 Å². The highest BCUT2D eigenvalue weighted by Gasteiger charge is 2.03. The van der Waals surface area contributed by atoms with Crippen molar-refractivity contribution in [2.24, 2.45) is 0 Å². The van der Waals surface area contributed by atoms with Crippen molar-refractivity contribution >= 4 is 0 Å². The molecular formula is C15H20FN3. The van der Waals surface area contributed by atoms with Crippen molar-refractivity contribution in [2.45, 2.75) is 32.9 Å². The average Bonchev–Trinajstić information content (AvgIpc) is 2.78. The topological polar surface area (TPSA) is 29.9 Å². The van der Waals surface area contributed by atoms with E-state index >= 15 is 0 Å². The summed E-state index contributed by atoms with van der Waals surface area (Å²) in [6, 6.07) is 7.07. The molecule has 1 aromatic carbocycles. The highest BCUT2D eigenvalue weighted by molar-refractivity contribution is 5.16. The molecule has 1 aromatic heterocycles. The Labute approximate surface area is 113 Å². The van der Waals surface area contributed by atoms with Crippen molar-refractivity contribution in [2.75, 3.05) is 6.54 Å². The van der Waals surface area contributed by atoms with E-state index < -0.39 is 0 Å². The number of nitrogens with zero attached hydrogens (tertiary/aromatic N) is 2. The normalized spacial score (nSPS) is 12.6. The summed E-state index contributed by atoms with van der Waals surface area (Å²) in [6.07, 6.45) is 4.71. The van der Waals surface area contributed by atoms with E-state index in [0.29, 0.717) is 6.04 Å². The van der Waals surface area contributed by atoms with Crippen LogP contribution in [0.2, 0.25) is 0 Å². The van der Waals surface area contributed by atoms with E-state index in [-0.39, 0.29) is 5.82 Å². The second-order valence-corrected chi connectivity index (χ2v) is 4.85. The maximum Gasteiger partial charge on any atom is 0.123 e. The molecule has 102 valence electrons. The standard InChI is InChI=1S/C15H20FN3/c1-12(11-14-3-5-15(16)6-4-14)17-7-9-19-10-8-18-13(19)2/h3-6,8,10,12,17H,7,9,11H2,1-2H3. The molecule has 1 unspecified atom stereocenters. The Morgan fingerprint density at radius 2 is 2.05 bits per heavy atom. The summed E-state index contributed by atoms with van der Waals surface area (Å²) in [5.41, 5.74) is 1.15. The van der Waals surface area contributed by atoms with Gasteiger partial charge in [0.25, 0.3) is 0 Å². The first-order chi connectivity index (χ1) is 9.15. The molecule has 0 radical (unpaired) electrons. The maximum absolute atomic E-state index is 12.8. The van der Waals surface area contributed by atoms with Gasteiger partial charge in [-0.2, -0.15) is 0 Å². The summed E-state index contributed by atoms with van der Waals surface area (Å²) in [5.74, 6) is 0.855. The lowest BCUT2D eigenvalue weighted by atomic mass is 10.1. The lowest BCUT2D eigenvalue weighted by molar-refractivity contribution is 0.508. The fourth-order valence-corrected chi connectivity index (χ4v) is 2.12. The SMILES string of the molecule is Cc1nccn1CCNC(C)Cc1ccc(F)cc1. The minimum atomic E-state index is -0.181. The van der Waals surface area contributed by atoms with Crippen LogP contribution < -0.4 is 5.32 Å². The number of nitrogens with one attached hydrogen (secondary N) is 1. The predicted octanol–water partition coefficient (Wildman–Crippen LogP) is 2.55. The Morgan fingerprint density at radius 3 is 2.68 bits per heavy atom. The number of hydrogen-bond acceptors (Lipinski definition) is 2. The average molecular weight is 261 g/mol. The molecule has 0 fully saturated rings. The molecule has 0 aliphatic carbocycles. The number of benzene rings is 1. The first-order valence-electron chi connectivity index (χ1n) is 6.60. The number of rotatable bonds is 6. The first-order valence-corrected chi connectivity index (χ1v) is 6.60. The van der Waals surface area contributed by atoms with Gasteiger partial charge in [0.05, 0.1) is 0 Å². The zero-order chi connectivity index (χ0) is 13.7. The van der Waals surface area contributed by atoms with E-state index in [9.17, 15) is 4.39 Å². The summed E-state index contributed by atoms with van der Waals surface area (Å²) in [7, 11) is 0. The lowest BCUT2D eigenvalue weighted by Gasteiger charge is -2.14. The minimum absolute atomic E-state index is 0.181. The zero-order valence-electron chi connectivity index (χ0n) is 11.4. The molecule has 0 saturated heterocycles. The van der Waals surface area contributed by atoms with Crippen LogP contribution in [0.5, 0.6) is 0 Å². The van der Waals surface area contributed by atoms with Crippen LogP contribution in [-0.4, -0.2) is 22.1 Å². The summed E-state index contributed by atoms with van der Waals surface area (Å²) >= 11 is 0. The minimum Gasteiger partial charge on any atom is -0.334 e. The van der Waals surface area contributed by atoms with E-state index in [4.69, 9.17) is 0 Å². The van der Waals surface area contributed by atoms with Crippen molar-refractivity contribution in [3.8, 4) is 0 Å². The molecule has 1 heterocycles. The van der Waals surface area contributed by atoms with E-state index in [0.717, 1.165) is 30.9 Å². The smallest absolute Gasteiger partial charge is 0.123 e. The maximum atomic E-state index is 12.8. The third kappa shape index (κ3) is 4.17. The predicted molar refractivity (Wildman–Crippen MR) is 74.5 cm³/mol. The zero-order valence-corrected chi connectivity index (χ0v) is 11.4. The third-order valence-electron chi connectivity index (χ3n) is 3.22. The van der Waals surface area contributed by atoms with Gasteiger partial charge in [0, 0.05) is 31.5 Å². The Bertz CT molecular complexity index is 504. The van der Waals surface area contributed by atoms with E-state index in [1.54, 1.807) is 0 Å². The fraction of sp³-hybridized carbons (Fsp3) is 0.400. The summed E-state index contributed by atoms with van der Waals surface area (Å²) in [4.78, 5) is 4.19. The Balaban J connectivity index is 1.74. The summed E-state index contributed by atoms with van der Waals surface area (Å²) in [5, 5.41) is 3.47. The van der Waals surface area contributed by atoms with Crippen LogP contribution in [0.15, 0.2) is 36.7 Å². The van der Waals surface area contributed by atoms with Gasteiger partial charge in [0.1, 0.15) is 11.6 Å². The molecule has 0 amide bonds. The molecule has 0 aliphatic heterocycles. The van der Waals surface area contributed by atoms with Gasteiger partial charge in [-0.1, -0.05) is 12.1 Å². The highest BCUT2D eigenvalue weighted by Crippen LogP contribution is 2.05. The van der Waals surface area contributed by atoms with Crippen LogP contribution in [0.25, 0.3) is 0 Å². The number of hydrogen-bond donors (Lipinski definition) is 1. The number of aromatic nitrogens is 2. The van der Waals surface area contributed by atoms with Crippen molar-refractivity contribution in [1.29, 1.82) is 0 Å². The van der Waals surface area contributed by atoms with Crippen molar-refractivity contribution in [3.63, 3.8) is 0 Å². The molecule has 2 aromatic rings. The molecule has 0 bridgehead atoms. The van der Waals surface area contributed by atoms with E-state index in [2.05, 4.69) is 21.8 Å². The molecule has 0 aliphatic rings. The van der Waals surface area contributed by atoms with Crippen molar-refractivity contribution in [1.82, 2.24) is 14.9 Å². The number of aryl methyl sites for hydroxylation is 1. The van der Waals surface area contributed by atoms with Crippen LogP contribution in [-0.2, 0) is 13.0 Å². The van der Waals surface area contributed by atoms with E-state index in [1.807, 2.05) is 31.5 Å². The molecule has 19 heavy (non-hydrogen) atoms. The first kappa shape index (κ1) is 13.7. The van der Waals surface area contributed by atoms with Gasteiger partial charge in [-0.3, -0.25) is 0 Å². The second kappa shape index (κ2) is 6.48. The Hall–Kier alpha value is -1.68. The molecule has 1 atom stereocenters. The van der Waals surface area contributed by atoms with Gasteiger partial charge in [-0.25, -0.2) is 9.37 Å². The highest BCUT2D eigenvalue weighted by atomic mass is 19.1. The van der Waals surface area contributed by atoms with Crippen molar-refractivity contribution in [3.05, 3.63) is 53.9 Å². The van der Waals surface area contributed by atoms with Crippen LogP contribution in [0.4, 0.5) is 4.39 Å². The molecule has 4 heteroatoms. The van der Waals surface area contributed by atoms with Gasteiger partial charge in [0.2, 0.25) is 0 Å². The largest absolute Gasteiger partial charge is 0.334 e. The lowest BCUT2D eigenvalue weighted by Crippen LogP contribution is -2.31. The Morgan fingerprint density at radius 1 is 1.32 bits per heavy atom. The molecule has 1 N–H and O–H groups in total. The number of imidazole rings is 1. The molecular weight excluding hydrogens is 241 g/mol. The quantitative estimate of drug-likeness (QED) is 0.866. The second-order valence-electron chi connectivity index (χ2n) is 4.85. The van der Waals surface area contributed by atoms with Crippen LogP contribution in [0.1, 0.15) is 18.3 Å². The Kier molecular flexibility index (Phi) is 4.68. The van der Waals surface area contributed by atoms with Crippen LogP contribution in [0.3, 0.4) is 0 Å². The van der Waals surface area contributed by atoms with E-state index in [1.165, 1.54) is 12.1 Å². The number of halogens is 1. The van der Waals surface area contributed by atoms with Gasteiger partial charge in [-0.05, 0) is 38.0 Å². The van der Waals surface area contributed by atoms with Crippen molar-refractivity contribution < 1.29 is 4.39 Å².